The number of carbonyl (C=O) groups is 3. The molecule has 0 bridgehead atoms. The fourth-order valence-corrected chi connectivity index (χ4v) is 3.38. The molecule has 0 radical (unpaired) electrons. The van der Waals surface area contributed by atoms with Crippen LogP contribution in [0, 0.1) is 13.8 Å². The molecule has 1 aliphatic rings. The van der Waals surface area contributed by atoms with Gasteiger partial charge in [-0.15, -0.1) is 11.3 Å². The predicted molar refractivity (Wildman–Crippen MR) is 88.3 cm³/mol. The van der Waals surface area contributed by atoms with Crippen LogP contribution < -0.4 is 5.32 Å². The quantitative estimate of drug-likeness (QED) is 0.787. The predicted octanol–water partition coefficient (Wildman–Crippen LogP) is 2.20. The lowest BCUT2D eigenvalue weighted by Gasteiger charge is -2.10. The molecule has 1 N–H and O–H groups in total. The number of thiophene rings is 1. The van der Waals surface area contributed by atoms with Crippen LogP contribution in [0.4, 0.5) is 5.00 Å². The molecule has 1 amide bonds. The van der Waals surface area contributed by atoms with Crippen molar-refractivity contribution in [1.29, 1.82) is 0 Å². The maximum absolute atomic E-state index is 12.1. The molecule has 2 heterocycles. The number of esters is 2. The van der Waals surface area contributed by atoms with Gasteiger partial charge in [0.1, 0.15) is 5.00 Å². The van der Waals surface area contributed by atoms with E-state index in [2.05, 4.69) is 5.32 Å². The lowest BCUT2D eigenvalue weighted by molar-refractivity contribution is -0.156. The van der Waals surface area contributed by atoms with Crippen LogP contribution in [-0.4, -0.2) is 43.8 Å². The summed E-state index contributed by atoms with van der Waals surface area (Å²) in [4.78, 5) is 36.7. The molecule has 1 aromatic rings. The Morgan fingerprint density at radius 3 is 2.67 bits per heavy atom. The minimum absolute atomic E-state index is 0.250. The van der Waals surface area contributed by atoms with Crippen molar-refractivity contribution in [2.45, 2.75) is 39.7 Å². The Kier molecular flexibility index (Phi) is 6.33. The first kappa shape index (κ1) is 18.4. The summed E-state index contributed by atoms with van der Waals surface area (Å²) in [6.07, 6.45) is 0.832. The van der Waals surface area contributed by atoms with Crippen molar-refractivity contribution < 1.29 is 28.6 Å². The van der Waals surface area contributed by atoms with Crippen LogP contribution >= 0.6 is 11.3 Å². The summed E-state index contributed by atoms with van der Waals surface area (Å²) in [6, 6.07) is 0. The number of hydrogen-bond acceptors (Lipinski definition) is 7. The van der Waals surface area contributed by atoms with Crippen LogP contribution in [0.2, 0.25) is 0 Å². The van der Waals surface area contributed by atoms with Gasteiger partial charge in [0.15, 0.2) is 12.7 Å². The third-order valence-corrected chi connectivity index (χ3v) is 4.78. The standard InChI is InChI=1S/C16H21NO6S/c1-4-21-16(20)13-9(2)10(3)24-14(13)17-12(18)8-23-15(19)11-6-5-7-22-11/h11H,4-8H2,1-3H3,(H,17,18)/t11-/m0/s1. The first-order chi connectivity index (χ1) is 11.4. The molecule has 1 aliphatic heterocycles. The Hall–Kier alpha value is -1.93. The van der Waals surface area contributed by atoms with Crippen LogP contribution in [0.5, 0.6) is 0 Å². The summed E-state index contributed by atoms with van der Waals surface area (Å²) in [5.41, 5.74) is 1.11. The number of aryl methyl sites for hydroxylation is 1. The van der Waals surface area contributed by atoms with Gasteiger partial charge in [-0.2, -0.15) is 0 Å². The van der Waals surface area contributed by atoms with Gasteiger partial charge in [0.25, 0.3) is 5.91 Å². The van der Waals surface area contributed by atoms with Crippen molar-refractivity contribution in [2.75, 3.05) is 25.1 Å². The van der Waals surface area contributed by atoms with Crippen molar-refractivity contribution in [2.24, 2.45) is 0 Å². The molecule has 8 heteroatoms. The minimum atomic E-state index is -0.584. The average Bonchev–Trinajstić information content (AvgIpc) is 3.15. The lowest BCUT2D eigenvalue weighted by atomic mass is 10.1. The molecule has 1 fully saturated rings. The highest BCUT2D eigenvalue weighted by Gasteiger charge is 2.26. The van der Waals surface area contributed by atoms with Crippen LogP contribution in [0.25, 0.3) is 0 Å². The number of nitrogens with one attached hydrogen (secondary N) is 1. The maximum atomic E-state index is 12.1. The molecule has 0 aromatic carbocycles. The monoisotopic (exact) mass is 355 g/mol. The SMILES string of the molecule is CCOC(=O)c1c(NC(=O)COC(=O)[C@@H]2CCCO2)sc(C)c1C. The van der Waals surface area contributed by atoms with Crippen molar-refractivity contribution >= 4 is 34.2 Å². The Labute approximate surface area is 144 Å². The molecular formula is C16H21NO6S. The van der Waals surface area contributed by atoms with Gasteiger partial charge in [0, 0.05) is 11.5 Å². The number of amides is 1. The first-order valence-corrected chi connectivity index (χ1v) is 8.60. The van der Waals surface area contributed by atoms with E-state index in [1.165, 1.54) is 11.3 Å². The van der Waals surface area contributed by atoms with Crippen LogP contribution in [0.15, 0.2) is 0 Å². The van der Waals surface area contributed by atoms with Gasteiger partial charge < -0.3 is 19.5 Å². The summed E-state index contributed by atoms with van der Waals surface area (Å²) in [5, 5.41) is 3.02. The largest absolute Gasteiger partial charge is 0.462 e. The molecule has 1 aromatic heterocycles. The van der Waals surface area contributed by atoms with E-state index in [9.17, 15) is 14.4 Å². The number of anilines is 1. The summed E-state index contributed by atoms with van der Waals surface area (Å²) in [7, 11) is 0. The molecule has 1 atom stereocenters. The molecule has 2 rings (SSSR count). The number of carbonyl (C=O) groups excluding carboxylic acids is 3. The molecule has 0 saturated carbocycles. The van der Waals surface area contributed by atoms with Gasteiger partial charge in [-0.3, -0.25) is 4.79 Å². The molecule has 24 heavy (non-hydrogen) atoms. The molecule has 0 aliphatic carbocycles. The Morgan fingerprint density at radius 2 is 2.04 bits per heavy atom. The molecule has 132 valence electrons. The van der Waals surface area contributed by atoms with Gasteiger partial charge in [0.2, 0.25) is 0 Å². The van der Waals surface area contributed by atoms with Gasteiger partial charge in [-0.05, 0) is 39.2 Å². The number of ether oxygens (including phenoxy) is 3. The number of hydrogen-bond donors (Lipinski definition) is 1. The second-order valence-corrected chi connectivity index (χ2v) is 6.59. The Morgan fingerprint density at radius 1 is 1.29 bits per heavy atom. The summed E-state index contributed by atoms with van der Waals surface area (Å²) >= 11 is 1.29. The van der Waals surface area contributed by atoms with Crippen molar-refractivity contribution in [1.82, 2.24) is 0 Å². The van der Waals surface area contributed by atoms with Crippen LogP contribution in [-0.2, 0) is 23.8 Å². The molecule has 0 spiro atoms. The molecule has 7 nitrogen and oxygen atoms in total. The van der Waals surface area contributed by atoms with E-state index in [4.69, 9.17) is 14.2 Å². The zero-order valence-electron chi connectivity index (χ0n) is 14.0. The normalized spacial score (nSPS) is 16.7. The van der Waals surface area contributed by atoms with Gasteiger partial charge in [-0.1, -0.05) is 0 Å². The third kappa shape index (κ3) is 4.33. The van der Waals surface area contributed by atoms with Crippen LogP contribution in [0.3, 0.4) is 0 Å². The minimum Gasteiger partial charge on any atom is -0.462 e. The van der Waals surface area contributed by atoms with Gasteiger partial charge >= 0.3 is 11.9 Å². The lowest BCUT2D eigenvalue weighted by Crippen LogP contribution is -2.27. The highest BCUT2D eigenvalue weighted by molar-refractivity contribution is 7.16. The Balaban J connectivity index is 1.97. The zero-order valence-corrected chi connectivity index (χ0v) is 14.8. The van der Waals surface area contributed by atoms with E-state index < -0.39 is 30.6 Å². The average molecular weight is 355 g/mol. The Bertz CT molecular complexity index is 633. The fraction of sp³-hybridized carbons (Fsp3) is 0.562. The maximum Gasteiger partial charge on any atom is 0.341 e. The van der Waals surface area contributed by atoms with Crippen molar-refractivity contribution in [3.8, 4) is 0 Å². The first-order valence-electron chi connectivity index (χ1n) is 7.79. The second-order valence-electron chi connectivity index (χ2n) is 5.37. The van der Waals surface area contributed by atoms with Gasteiger partial charge in [-0.25, -0.2) is 9.59 Å². The van der Waals surface area contributed by atoms with E-state index in [1.54, 1.807) is 13.8 Å². The van der Waals surface area contributed by atoms with Crippen molar-refractivity contribution in [3.63, 3.8) is 0 Å². The summed E-state index contributed by atoms with van der Waals surface area (Å²) in [6.45, 7) is 5.73. The van der Waals surface area contributed by atoms with E-state index in [0.717, 1.165) is 16.9 Å². The molecule has 0 unspecified atom stereocenters. The van der Waals surface area contributed by atoms with E-state index >= 15 is 0 Å². The second kappa shape index (κ2) is 8.25. The highest BCUT2D eigenvalue weighted by atomic mass is 32.1. The molecular weight excluding hydrogens is 334 g/mol. The van der Waals surface area contributed by atoms with E-state index in [1.807, 2.05) is 6.92 Å². The zero-order chi connectivity index (χ0) is 17.7. The van der Waals surface area contributed by atoms with Crippen molar-refractivity contribution in [3.05, 3.63) is 16.0 Å². The van der Waals surface area contributed by atoms with E-state index in [0.29, 0.717) is 23.6 Å². The number of rotatable bonds is 6. The fourth-order valence-electron chi connectivity index (χ4n) is 2.32. The summed E-state index contributed by atoms with van der Waals surface area (Å²) < 4.78 is 15.2. The smallest absolute Gasteiger partial charge is 0.341 e. The third-order valence-electron chi connectivity index (χ3n) is 3.66. The topological polar surface area (TPSA) is 90.9 Å². The molecule has 1 saturated heterocycles. The highest BCUT2D eigenvalue weighted by Crippen LogP contribution is 2.33. The van der Waals surface area contributed by atoms with E-state index in [-0.39, 0.29) is 6.61 Å². The van der Waals surface area contributed by atoms with Gasteiger partial charge in [0.05, 0.1) is 12.2 Å². The summed E-state index contributed by atoms with van der Waals surface area (Å²) in [5.74, 6) is -1.52. The van der Waals surface area contributed by atoms with Crippen LogP contribution in [0.1, 0.15) is 40.6 Å².